The molecule has 0 aliphatic carbocycles. The van der Waals surface area contributed by atoms with E-state index in [4.69, 9.17) is 0 Å². The first-order valence-corrected chi connectivity index (χ1v) is 11.9. The maximum Gasteiger partial charge on any atom is 0.264 e. The van der Waals surface area contributed by atoms with Gasteiger partial charge in [-0.25, -0.2) is 8.42 Å². The average molecular weight is 475 g/mol. The Bertz CT molecular complexity index is 1500. The number of nitrogens with zero attached hydrogens (tertiary/aromatic N) is 2. The molecule has 0 saturated heterocycles. The van der Waals surface area contributed by atoms with Gasteiger partial charge in [0.2, 0.25) is 5.43 Å². The lowest BCUT2D eigenvalue weighted by Crippen LogP contribution is -2.31. The van der Waals surface area contributed by atoms with Gasteiger partial charge >= 0.3 is 0 Å². The Morgan fingerprint density at radius 1 is 1.09 bits per heavy atom. The van der Waals surface area contributed by atoms with Crippen molar-refractivity contribution in [2.45, 2.75) is 11.4 Å². The number of nitrogens with one attached hydrogen (secondary N) is 2. The fraction of sp³-hybridized carbons (Fsp3) is 0.0800. The first-order chi connectivity index (χ1) is 16.4. The maximum atomic E-state index is 13.4. The van der Waals surface area contributed by atoms with Crippen molar-refractivity contribution in [3.8, 4) is 0 Å². The third-order valence-corrected chi connectivity index (χ3v) is 6.97. The molecule has 0 aliphatic heterocycles. The summed E-state index contributed by atoms with van der Waals surface area (Å²) >= 11 is 0. The number of sulfonamides is 1. The minimum atomic E-state index is -4.00. The number of H-pyrrole nitrogens is 1. The molecule has 4 rings (SSSR count). The number of rotatable bonds is 8. The summed E-state index contributed by atoms with van der Waals surface area (Å²) in [4.78, 5) is 32.7. The van der Waals surface area contributed by atoms with E-state index in [-0.39, 0.29) is 28.9 Å². The summed E-state index contributed by atoms with van der Waals surface area (Å²) < 4.78 is 28.1. The molecule has 9 heteroatoms. The molecule has 1 amide bonds. The zero-order chi connectivity index (χ0) is 24.1. The Hall–Kier alpha value is -4.24. The Kier molecular flexibility index (Phi) is 6.55. The average Bonchev–Trinajstić information content (AvgIpc) is 2.87. The summed E-state index contributed by atoms with van der Waals surface area (Å²) in [5.41, 5.74) is 0.840. The summed E-state index contributed by atoms with van der Waals surface area (Å²) in [7, 11) is -4.00. The predicted octanol–water partition coefficient (Wildman–Crippen LogP) is 3.23. The van der Waals surface area contributed by atoms with Crippen LogP contribution in [0.4, 0.5) is 5.69 Å². The molecule has 0 spiro atoms. The van der Waals surface area contributed by atoms with Crippen molar-refractivity contribution in [3.05, 3.63) is 113 Å². The van der Waals surface area contributed by atoms with Gasteiger partial charge in [-0.05, 0) is 42.5 Å². The van der Waals surface area contributed by atoms with Gasteiger partial charge in [-0.3, -0.25) is 18.9 Å². The van der Waals surface area contributed by atoms with Gasteiger partial charge in [0.05, 0.1) is 29.4 Å². The zero-order valence-electron chi connectivity index (χ0n) is 18.1. The highest BCUT2D eigenvalue weighted by Crippen LogP contribution is 2.25. The van der Waals surface area contributed by atoms with E-state index >= 15 is 0 Å². The van der Waals surface area contributed by atoms with Crippen molar-refractivity contribution in [2.24, 2.45) is 0 Å². The standard InChI is InChI=1S/C25H22N4O4S/c1-2-14-29(19-9-4-3-5-10-19)34(32,33)20-11-12-23-21(15-20)24(30)22(17-27-23)25(31)28-16-18-8-6-7-13-26-18/h2-13,15,17H,1,14,16H2,(H,27,30)(H,28,31). The van der Waals surface area contributed by atoms with Crippen LogP contribution in [0.3, 0.4) is 0 Å². The van der Waals surface area contributed by atoms with Crippen molar-refractivity contribution < 1.29 is 13.2 Å². The molecule has 0 radical (unpaired) electrons. The molecule has 2 aromatic heterocycles. The first-order valence-electron chi connectivity index (χ1n) is 10.4. The van der Waals surface area contributed by atoms with Crippen molar-refractivity contribution >= 4 is 32.5 Å². The van der Waals surface area contributed by atoms with Crippen molar-refractivity contribution in [1.29, 1.82) is 0 Å². The molecular formula is C25H22N4O4S. The Labute approximate surface area is 196 Å². The summed E-state index contributed by atoms with van der Waals surface area (Å²) in [6, 6.07) is 18.2. The highest BCUT2D eigenvalue weighted by atomic mass is 32.2. The van der Waals surface area contributed by atoms with Crippen LogP contribution in [0.5, 0.6) is 0 Å². The molecule has 2 aromatic carbocycles. The summed E-state index contributed by atoms with van der Waals surface area (Å²) in [5.74, 6) is -0.584. The van der Waals surface area contributed by atoms with E-state index in [9.17, 15) is 18.0 Å². The van der Waals surface area contributed by atoms with Crippen LogP contribution >= 0.6 is 0 Å². The molecule has 0 saturated carbocycles. The van der Waals surface area contributed by atoms with E-state index in [0.29, 0.717) is 16.9 Å². The number of aromatic nitrogens is 2. The maximum absolute atomic E-state index is 13.4. The SMILES string of the molecule is C=CCN(c1ccccc1)S(=O)(=O)c1ccc2[nH]cc(C(=O)NCc3ccccn3)c(=O)c2c1. The third kappa shape index (κ3) is 4.60. The van der Waals surface area contributed by atoms with Gasteiger partial charge in [0, 0.05) is 23.3 Å². The van der Waals surface area contributed by atoms with Crippen molar-refractivity contribution in [2.75, 3.05) is 10.8 Å². The second-order valence-electron chi connectivity index (χ2n) is 7.40. The zero-order valence-corrected chi connectivity index (χ0v) is 19.0. The Morgan fingerprint density at radius 3 is 2.56 bits per heavy atom. The number of hydrogen-bond donors (Lipinski definition) is 2. The van der Waals surface area contributed by atoms with Gasteiger partial charge in [0.25, 0.3) is 15.9 Å². The highest BCUT2D eigenvalue weighted by Gasteiger charge is 2.25. The molecule has 4 aromatic rings. The number of carbonyl (C=O) groups is 1. The highest BCUT2D eigenvalue weighted by molar-refractivity contribution is 7.92. The van der Waals surface area contributed by atoms with Crippen LogP contribution in [0.15, 0.2) is 101 Å². The lowest BCUT2D eigenvalue weighted by atomic mass is 10.1. The fourth-order valence-corrected chi connectivity index (χ4v) is 4.94. The number of aromatic amines is 1. The number of fused-ring (bicyclic) bond motifs is 1. The molecule has 0 fully saturated rings. The molecule has 34 heavy (non-hydrogen) atoms. The summed E-state index contributed by atoms with van der Waals surface area (Å²) in [6.07, 6.45) is 4.42. The van der Waals surface area contributed by atoms with Gasteiger partial charge in [-0.15, -0.1) is 6.58 Å². The van der Waals surface area contributed by atoms with E-state index in [1.165, 1.54) is 34.8 Å². The molecule has 0 atom stereocenters. The van der Waals surface area contributed by atoms with Crippen LogP contribution in [-0.4, -0.2) is 30.8 Å². The number of pyridine rings is 2. The number of carbonyl (C=O) groups excluding carboxylic acids is 1. The number of amides is 1. The van der Waals surface area contributed by atoms with Crippen LogP contribution in [0.2, 0.25) is 0 Å². The second-order valence-corrected chi connectivity index (χ2v) is 9.27. The Balaban J connectivity index is 1.70. The predicted molar refractivity (Wildman–Crippen MR) is 131 cm³/mol. The van der Waals surface area contributed by atoms with E-state index < -0.39 is 21.4 Å². The third-order valence-electron chi connectivity index (χ3n) is 5.18. The smallest absolute Gasteiger partial charge is 0.264 e. The minimum absolute atomic E-state index is 0.0523. The van der Waals surface area contributed by atoms with E-state index in [1.807, 2.05) is 0 Å². The van der Waals surface area contributed by atoms with Crippen LogP contribution in [0.1, 0.15) is 16.1 Å². The first kappa shape index (κ1) is 22.9. The van der Waals surface area contributed by atoms with Crippen LogP contribution < -0.4 is 15.1 Å². The lowest BCUT2D eigenvalue weighted by molar-refractivity contribution is 0.0949. The van der Waals surface area contributed by atoms with Crippen molar-refractivity contribution in [1.82, 2.24) is 15.3 Å². The molecule has 8 nitrogen and oxygen atoms in total. The minimum Gasteiger partial charge on any atom is -0.360 e. The van der Waals surface area contributed by atoms with Crippen LogP contribution in [0, 0.1) is 0 Å². The molecule has 0 aliphatic rings. The van der Waals surface area contributed by atoms with Crippen LogP contribution in [-0.2, 0) is 16.6 Å². The normalized spacial score (nSPS) is 11.2. The van der Waals surface area contributed by atoms with Gasteiger partial charge in [0.1, 0.15) is 5.56 Å². The number of anilines is 1. The monoisotopic (exact) mass is 474 g/mol. The van der Waals surface area contributed by atoms with Gasteiger partial charge in [0.15, 0.2) is 0 Å². The summed E-state index contributed by atoms with van der Waals surface area (Å²) in [6.45, 7) is 3.86. The number of para-hydroxylation sites is 1. The molecule has 172 valence electrons. The van der Waals surface area contributed by atoms with Crippen LogP contribution in [0.25, 0.3) is 10.9 Å². The van der Waals surface area contributed by atoms with Crippen molar-refractivity contribution in [3.63, 3.8) is 0 Å². The molecule has 0 bridgehead atoms. The van der Waals surface area contributed by atoms with E-state index in [2.05, 4.69) is 21.9 Å². The number of hydrogen-bond acceptors (Lipinski definition) is 5. The van der Waals surface area contributed by atoms with E-state index in [1.54, 1.807) is 54.7 Å². The molecule has 0 unspecified atom stereocenters. The number of benzene rings is 2. The fourth-order valence-electron chi connectivity index (χ4n) is 3.48. The molecular weight excluding hydrogens is 452 g/mol. The lowest BCUT2D eigenvalue weighted by Gasteiger charge is -2.23. The van der Waals surface area contributed by atoms with Gasteiger partial charge < -0.3 is 10.3 Å². The van der Waals surface area contributed by atoms with E-state index in [0.717, 1.165) is 0 Å². The quantitative estimate of drug-likeness (QED) is 0.381. The topological polar surface area (TPSA) is 112 Å². The summed E-state index contributed by atoms with van der Waals surface area (Å²) in [5, 5.41) is 2.76. The molecule has 2 N–H and O–H groups in total. The van der Waals surface area contributed by atoms with Gasteiger partial charge in [-0.1, -0.05) is 30.3 Å². The Morgan fingerprint density at radius 2 is 1.85 bits per heavy atom. The van der Waals surface area contributed by atoms with Gasteiger partial charge in [-0.2, -0.15) is 0 Å². The second kappa shape index (κ2) is 9.72. The molecule has 2 heterocycles. The largest absolute Gasteiger partial charge is 0.360 e.